The van der Waals surface area contributed by atoms with E-state index in [1.807, 2.05) is 51.1 Å². The van der Waals surface area contributed by atoms with Gasteiger partial charge in [0, 0.05) is 24.5 Å². The van der Waals surface area contributed by atoms with Crippen molar-refractivity contribution in [1.82, 2.24) is 10.2 Å². The summed E-state index contributed by atoms with van der Waals surface area (Å²) in [5.41, 5.74) is 2.49. The Kier molecular flexibility index (Phi) is 11.7. The zero-order valence-corrected chi connectivity index (χ0v) is 27.8. The predicted octanol–water partition coefficient (Wildman–Crippen LogP) is 6.91. The monoisotopic (exact) mass is 665 g/mol. The van der Waals surface area contributed by atoms with Crippen molar-refractivity contribution in [1.29, 1.82) is 0 Å². The molecule has 1 N–H and O–H groups in total. The Morgan fingerprint density at radius 1 is 0.800 bits per heavy atom. The highest BCUT2D eigenvalue weighted by molar-refractivity contribution is 7.92. The average Bonchev–Trinajstić information content (AvgIpc) is 3.02. The van der Waals surface area contributed by atoms with Crippen molar-refractivity contribution in [3.05, 3.63) is 130 Å². The summed E-state index contributed by atoms with van der Waals surface area (Å²) in [5, 5.41) is 3.56. The first-order valence-electron chi connectivity index (χ1n) is 14.7. The molecular weight excluding hydrogens is 629 g/mol. The molecule has 0 saturated carbocycles. The zero-order chi connectivity index (χ0) is 32.6. The van der Waals surface area contributed by atoms with E-state index in [9.17, 15) is 18.0 Å². The standard InChI is InChI=1S/C35H37Cl2N3O4S/c1-25(2)22-38-35(42)33(21-27-11-5-4-6-12-27)39(23-28-13-7-8-14-30(28)36)34(41)24-40(32-16-10-9-15-31(32)37)45(43,44)29-19-17-26(3)18-20-29/h4-20,25,33H,21-24H2,1-3H3,(H,38,42)/t33-/m0/s1. The SMILES string of the molecule is Cc1ccc(S(=O)(=O)N(CC(=O)N(Cc2ccccc2Cl)[C@@H](Cc2ccccc2)C(=O)NCC(C)C)c2ccccc2Cl)cc1. The number of sulfonamides is 1. The quantitative estimate of drug-likeness (QED) is 0.168. The van der Waals surface area contributed by atoms with E-state index >= 15 is 0 Å². The van der Waals surface area contributed by atoms with E-state index in [0.717, 1.165) is 15.4 Å². The van der Waals surface area contributed by atoms with Crippen molar-refractivity contribution in [3.8, 4) is 0 Å². The minimum Gasteiger partial charge on any atom is -0.354 e. The number of hydrogen-bond acceptors (Lipinski definition) is 4. The summed E-state index contributed by atoms with van der Waals surface area (Å²) in [7, 11) is -4.25. The molecule has 10 heteroatoms. The second-order valence-corrected chi connectivity index (χ2v) is 13.9. The summed E-state index contributed by atoms with van der Waals surface area (Å²) in [4.78, 5) is 29.8. The van der Waals surface area contributed by atoms with Crippen molar-refractivity contribution >= 4 is 50.7 Å². The summed E-state index contributed by atoms with van der Waals surface area (Å²) >= 11 is 13.1. The maximum Gasteiger partial charge on any atom is 0.264 e. The molecule has 0 aliphatic rings. The average molecular weight is 667 g/mol. The van der Waals surface area contributed by atoms with E-state index in [0.29, 0.717) is 17.1 Å². The topological polar surface area (TPSA) is 86.8 Å². The molecular formula is C35H37Cl2N3O4S. The van der Waals surface area contributed by atoms with Crippen LogP contribution in [0.3, 0.4) is 0 Å². The third-order valence-corrected chi connectivity index (χ3v) is 9.73. The number of para-hydroxylation sites is 1. The lowest BCUT2D eigenvalue weighted by atomic mass is 10.0. The molecule has 4 aromatic carbocycles. The molecule has 0 spiro atoms. The van der Waals surface area contributed by atoms with Gasteiger partial charge in [0.15, 0.2) is 0 Å². The Morgan fingerprint density at radius 2 is 1.40 bits per heavy atom. The lowest BCUT2D eigenvalue weighted by Gasteiger charge is -2.34. The number of carbonyl (C=O) groups excluding carboxylic acids is 2. The number of nitrogens with one attached hydrogen (secondary N) is 1. The van der Waals surface area contributed by atoms with Crippen LogP contribution < -0.4 is 9.62 Å². The normalized spacial score (nSPS) is 12.0. The highest BCUT2D eigenvalue weighted by Gasteiger charge is 2.35. The lowest BCUT2D eigenvalue weighted by molar-refractivity contribution is -0.140. The largest absolute Gasteiger partial charge is 0.354 e. The number of aryl methyl sites for hydroxylation is 1. The number of nitrogens with zero attached hydrogens (tertiary/aromatic N) is 2. The van der Waals surface area contributed by atoms with E-state index in [1.54, 1.807) is 60.7 Å². The Hall–Kier alpha value is -3.85. The molecule has 0 bridgehead atoms. The van der Waals surface area contributed by atoms with Gasteiger partial charge in [-0.25, -0.2) is 8.42 Å². The van der Waals surface area contributed by atoms with Crippen LogP contribution >= 0.6 is 23.2 Å². The molecule has 4 aromatic rings. The summed E-state index contributed by atoms with van der Waals surface area (Å²) in [5.74, 6) is -0.765. The maximum atomic E-state index is 14.5. The second kappa shape index (κ2) is 15.4. The van der Waals surface area contributed by atoms with Gasteiger partial charge in [-0.05, 0) is 54.3 Å². The molecule has 0 fully saturated rings. The Bertz CT molecular complexity index is 1710. The molecule has 0 aromatic heterocycles. The van der Waals surface area contributed by atoms with Crippen LogP contribution in [0.25, 0.3) is 0 Å². The number of benzene rings is 4. The first-order chi connectivity index (χ1) is 21.5. The fourth-order valence-electron chi connectivity index (χ4n) is 4.79. The van der Waals surface area contributed by atoms with Gasteiger partial charge in [-0.2, -0.15) is 0 Å². The number of hydrogen-bond donors (Lipinski definition) is 1. The van der Waals surface area contributed by atoms with Crippen LogP contribution in [0, 0.1) is 12.8 Å². The smallest absolute Gasteiger partial charge is 0.264 e. The number of rotatable bonds is 13. The molecule has 7 nitrogen and oxygen atoms in total. The van der Waals surface area contributed by atoms with Crippen LogP contribution in [0.1, 0.15) is 30.5 Å². The van der Waals surface area contributed by atoms with Crippen LogP contribution in [-0.2, 0) is 32.6 Å². The first kappa shape index (κ1) is 34.0. The van der Waals surface area contributed by atoms with Gasteiger partial charge in [0.05, 0.1) is 15.6 Å². The van der Waals surface area contributed by atoms with Gasteiger partial charge in [0.1, 0.15) is 12.6 Å². The molecule has 0 aliphatic carbocycles. The van der Waals surface area contributed by atoms with Crippen LogP contribution in [0.4, 0.5) is 5.69 Å². The number of amides is 2. The summed E-state index contributed by atoms with van der Waals surface area (Å²) in [6.07, 6.45) is 0.206. The van der Waals surface area contributed by atoms with Crippen molar-refractivity contribution in [2.24, 2.45) is 5.92 Å². The molecule has 0 unspecified atom stereocenters. The highest BCUT2D eigenvalue weighted by atomic mass is 35.5. The third-order valence-electron chi connectivity index (χ3n) is 7.26. The van der Waals surface area contributed by atoms with Crippen molar-refractivity contribution in [3.63, 3.8) is 0 Å². The number of anilines is 1. The van der Waals surface area contributed by atoms with E-state index < -0.39 is 28.5 Å². The summed E-state index contributed by atoms with van der Waals surface area (Å²) in [6, 6.07) is 28.3. The molecule has 0 heterocycles. The minimum atomic E-state index is -4.25. The molecule has 4 rings (SSSR count). The van der Waals surface area contributed by atoms with E-state index in [-0.39, 0.29) is 40.4 Å². The molecule has 0 radical (unpaired) electrons. The van der Waals surface area contributed by atoms with Gasteiger partial charge in [-0.15, -0.1) is 0 Å². The van der Waals surface area contributed by atoms with Crippen LogP contribution in [0.15, 0.2) is 108 Å². The Morgan fingerprint density at radius 3 is 2.02 bits per heavy atom. The second-order valence-electron chi connectivity index (χ2n) is 11.2. The molecule has 0 saturated heterocycles. The highest BCUT2D eigenvalue weighted by Crippen LogP contribution is 2.31. The third kappa shape index (κ3) is 8.87. The molecule has 1 atom stereocenters. The molecule has 2 amide bonds. The summed E-state index contributed by atoms with van der Waals surface area (Å²) in [6.45, 7) is 5.60. The van der Waals surface area contributed by atoms with Gasteiger partial charge in [-0.1, -0.05) is 115 Å². The molecule has 236 valence electrons. The van der Waals surface area contributed by atoms with Crippen molar-refractivity contribution in [2.45, 2.75) is 44.7 Å². The minimum absolute atomic E-state index is 0.00832. The van der Waals surface area contributed by atoms with Gasteiger partial charge < -0.3 is 10.2 Å². The predicted molar refractivity (Wildman–Crippen MR) is 181 cm³/mol. The van der Waals surface area contributed by atoms with Gasteiger partial charge >= 0.3 is 0 Å². The first-order valence-corrected chi connectivity index (χ1v) is 16.9. The van der Waals surface area contributed by atoms with Crippen LogP contribution in [-0.4, -0.2) is 44.3 Å². The lowest BCUT2D eigenvalue weighted by Crippen LogP contribution is -2.53. The summed E-state index contributed by atoms with van der Waals surface area (Å²) < 4.78 is 29.3. The van der Waals surface area contributed by atoms with Gasteiger partial charge in [0.2, 0.25) is 11.8 Å². The van der Waals surface area contributed by atoms with E-state index in [4.69, 9.17) is 23.2 Å². The van der Waals surface area contributed by atoms with E-state index in [2.05, 4.69) is 5.32 Å². The molecule has 0 aliphatic heterocycles. The van der Waals surface area contributed by atoms with Crippen LogP contribution in [0.5, 0.6) is 0 Å². The fourth-order valence-corrected chi connectivity index (χ4v) is 6.71. The van der Waals surface area contributed by atoms with Crippen molar-refractivity contribution in [2.75, 3.05) is 17.4 Å². The Labute approximate surface area is 275 Å². The number of carbonyl (C=O) groups is 2. The Balaban J connectivity index is 1.81. The van der Waals surface area contributed by atoms with E-state index in [1.165, 1.54) is 17.0 Å². The van der Waals surface area contributed by atoms with Crippen LogP contribution in [0.2, 0.25) is 10.0 Å². The molecule has 45 heavy (non-hydrogen) atoms. The van der Waals surface area contributed by atoms with Crippen molar-refractivity contribution < 1.29 is 18.0 Å². The van der Waals surface area contributed by atoms with Gasteiger partial charge in [-0.3, -0.25) is 13.9 Å². The fraction of sp³-hybridized carbons (Fsp3) is 0.257. The maximum absolute atomic E-state index is 14.5. The van der Waals surface area contributed by atoms with Gasteiger partial charge in [0.25, 0.3) is 10.0 Å². The number of halogens is 2. The zero-order valence-electron chi connectivity index (χ0n) is 25.5.